The second kappa shape index (κ2) is 16.8. The summed E-state index contributed by atoms with van der Waals surface area (Å²) in [5.74, 6) is 1.30. The number of aryl methyl sites for hydroxylation is 1. The molecular formula is C21H29Cl2N2O2SZn+3. The largest absolute Gasteiger partial charge is 2.00 e. The second-order valence-corrected chi connectivity index (χ2v) is 7.30. The molecule has 0 aliphatic rings. The third-order valence-electron chi connectivity index (χ3n) is 3.89. The topological polar surface area (TPSA) is 46.6 Å². The van der Waals surface area contributed by atoms with E-state index in [-0.39, 0.29) is 44.3 Å². The molecule has 0 spiro atoms. The van der Waals surface area contributed by atoms with Gasteiger partial charge in [-0.05, 0) is 31.9 Å². The summed E-state index contributed by atoms with van der Waals surface area (Å²) in [5.41, 5.74) is 1.63. The average molecular weight is 510 g/mol. The number of benzene rings is 2. The fourth-order valence-corrected chi connectivity index (χ4v) is 3.21. The van der Waals surface area contributed by atoms with Crippen LogP contribution in [0.3, 0.4) is 0 Å². The van der Waals surface area contributed by atoms with Gasteiger partial charge in [0.2, 0.25) is 11.1 Å². The van der Waals surface area contributed by atoms with Crippen LogP contribution in [0.2, 0.25) is 0 Å². The molecule has 0 unspecified atom stereocenters. The third-order valence-corrected chi connectivity index (χ3v) is 4.94. The summed E-state index contributed by atoms with van der Waals surface area (Å²) < 4.78 is 11.8. The standard InChI is InChI=1S/C21H27N2O2S.2ClH.Zn/c1-4-6-12-24-19-15-21(26-17-10-8-16(3)9-11-17)20(14-18(19)23-22)25-13-7-5-2;;;/h8-11,14-15H,4-7,12-13H2,1-3H3;2*1H;/q+1;;;+2. The van der Waals surface area contributed by atoms with Crippen LogP contribution in [-0.4, -0.2) is 13.2 Å². The molecule has 0 saturated carbocycles. The molecule has 0 saturated heterocycles. The van der Waals surface area contributed by atoms with Crippen molar-refractivity contribution in [1.29, 1.82) is 5.39 Å². The van der Waals surface area contributed by atoms with Gasteiger partial charge in [0, 0.05) is 11.0 Å². The van der Waals surface area contributed by atoms with Crippen molar-refractivity contribution in [3.8, 4) is 11.5 Å². The minimum absolute atomic E-state index is 0. The maximum absolute atomic E-state index is 9.36. The molecule has 29 heavy (non-hydrogen) atoms. The average Bonchev–Trinajstić information content (AvgIpc) is 2.65. The van der Waals surface area contributed by atoms with Gasteiger partial charge in [0.15, 0.2) is 4.98 Å². The summed E-state index contributed by atoms with van der Waals surface area (Å²) in [5, 5.41) is 9.36. The van der Waals surface area contributed by atoms with Crippen LogP contribution < -0.4 is 9.47 Å². The van der Waals surface area contributed by atoms with Crippen molar-refractivity contribution in [3.63, 3.8) is 0 Å². The van der Waals surface area contributed by atoms with Gasteiger partial charge in [0.05, 0.1) is 24.2 Å². The summed E-state index contributed by atoms with van der Waals surface area (Å²) in [6, 6.07) is 12.0. The van der Waals surface area contributed by atoms with E-state index in [2.05, 4.69) is 50.0 Å². The van der Waals surface area contributed by atoms with Gasteiger partial charge >= 0.3 is 25.2 Å². The van der Waals surface area contributed by atoms with Crippen LogP contribution in [0.15, 0.2) is 46.2 Å². The van der Waals surface area contributed by atoms with Gasteiger partial charge in [-0.25, -0.2) is 0 Å². The van der Waals surface area contributed by atoms with Gasteiger partial charge in [-0.15, -0.1) is 24.8 Å². The van der Waals surface area contributed by atoms with E-state index in [9.17, 15) is 5.39 Å². The van der Waals surface area contributed by atoms with Crippen molar-refractivity contribution in [2.45, 2.75) is 56.2 Å². The van der Waals surface area contributed by atoms with E-state index in [1.165, 1.54) is 5.56 Å². The van der Waals surface area contributed by atoms with Crippen LogP contribution in [-0.2, 0) is 19.5 Å². The molecule has 0 bridgehead atoms. The number of ether oxygens (including phenoxy) is 2. The molecule has 0 atom stereocenters. The Morgan fingerprint density at radius 1 is 0.897 bits per heavy atom. The van der Waals surface area contributed by atoms with Gasteiger partial charge in [-0.1, -0.05) is 56.1 Å². The molecule has 8 heteroatoms. The van der Waals surface area contributed by atoms with E-state index in [0.717, 1.165) is 41.2 Å². The Morgan fingerprint density at radius 3 is 1.97 bits per heavy atom. The van der Waals surface area contributed by atoms with Crippen molar-refractivity contribution >= 4 is 42.3 Å². The molecule has 4 nitrogen and oxygen atoms in total. The first-order valence-corrected chi connectivity index (χ1v) is 10.0. The molecular weight excluding hydrogens is 481 g/mol. The normalized spacial score (nSPS) is 9.31. The van der Waals surface area contributed by atoms with Crippen molar-refractivity contribution in [1.82, 2.24) is 0 Å². The maximum Gasteiger partial charge on any atom is 2.00 e. The van der Waals surface area contributed by atoms with E-state index < -0.39 is 0 Å². The van der Waals surface area contributed by atoms with E-state index >= 15 is 0 Å². The monoisotopic (exact) mass is 507 g/mol. The molecule has 154 valence electrons. The van der Waals surface area contributed by atoms with Gasteiger partial charge in [-0.2, -0.15) is 0 Å². The summed E-state index contributed by atoms with van der Waals surface area (Å²) in [7, 11) is 0. The summed E-state index contributed by atoms with van der Waals surface area (Å²) in [6.45, 7) is 7.56. The van der Waals surface area contributed by atoms with Crippen LogP contribution in [0, 0.1) is 12.3 Å². The number of unbranched alkanes of at least 4 members (excludes halogenated alkanes) is 2. The quantitative estimate of drug-likeness (QED) is 0.186. The van der Waals surface area contributed by atoms with Crippen molar-refractivity contribution in [3.05, 3.63) is 46.9 Å². The molecule has 2 aromatic carbocycles. The fraction of sp³-hybridized carbons (Fsp3) is 0.429. The fourth-order valence-electron chi connectivity index (χ4n) is 2.30. The molecule has 0 aliphatic heterocycles. The molecule has 0 amide bonds. The first kappa shape index (κ1) is 30.2. The summed E-state index contributed by atoms with van der Waals surface area (Å²) >= 11 is 1.63. The van der Waals surface area contributed by atoms with Crippen LogP contribution in [0.4, 0.5) is 5.69 Å². The Kier molecular flexibility index (Phi) is 17.5. The van der Waals surface area contributed by atoms with Gasteiger partial charge < -0.3 is 9.47 Å². The third kappa shape index (κ3) is 10.0. The predicted molar refractivity (Wildman–Crippen MR) is 122 cm³/mol. The Labute approximate surface area is 203 Å². The smallest absolute Gasteiger partial charge is 0.492 e. The first-order valence-electron chi connectivity index (χ1n) is 9.21. The molecule has 0 fully saturated rings. The Hall–Kier alpha value is -0.987. The number of hydrogen-bond acceptors (Lipinski definition) is 4. The number of halogens is 2. The zero-order valence-corrected chi connectivity index (χ0v) is 22.8. The zero-order chi connectivity index (χ0) is 18.8. The van der Waals surface area contributed by atoms with Crippen molar-refractivity contribution < 1.29 is 29.0 Å². The minimum atomic E-state index is 0. The van der Waals surface area contributed by atoms with Crippen LogP contribution >= 0.6 is 36.6 Å². The molecule has 0 radical (unpaired) electrons. The summed E-state index contributed by atoms with van der Waals surface area (Å²) in [4.78, 5) is 5.47. The molecule has 0 aromatic heterocycles. The van der Waals surface area contributed by atoms with Crippen LogP contribution in [0.25, 0.3) is 4.98 Å². The molecule has 2 rings (SSSR count). The zero-order valence-electron chi connectivity index (χ0n) is 17.3. The Bertz CT molecular complexity index is 756. The predicted octanol–water partition coefficient (Wildman–Crippen LogP) is 7.83. The minimum Gasteiger partial charge on any atom is -0.492 e. The van der Waals surface area contributed by atoms with Gasteiger partial charge in [0.1, 0.15) is 5.75 Å². The maximum atomic E-state index is 9.36. The van der Waals surface area contributed by atoms with Gasteiger partial charge in [0.25, 0.3) is 0 Å². The number of hydrogen-bond donors (Lipinski definition) is 0. The first-order chi connectivity index (χ1) is 12.7. The second-order valence-electron chi connectivity index (χ2n) is 6.19. The Morgan fingerprint density at radius 2 is 1.45 bits per heavy atom. The number of diazo groups is 1. The molecule has 0 aliphatic carbocycles. The number of rotatable bonds is 10. The molecule has 0 N–H and O–H groups in total. The molecule has 0 heterocycles. The van der Waals surface area contributed by atoms with Crippen LogP contribution in [0.5, 0.6) is 11.5 Å². The van der Waals surface area contributed by atoms with Crippen molar-refractivity contribution in [2.24, 2.45) is 0 Å². The van der Waals surface area contributed by atoms with Gasteiger partial charge in [-0.3, -0.25) is 0 Å². The SMILES string of the molecule is CCCCOc1cc(Sc2ccc(C)cc2)c(OCCCC)cc1[N+]#N.Cl.Cl.[Zn+2]. The van der Waals surface area contributed by atoms with E-state index in [1.54, 1.807) is 17.8 Å². The Balaban J connectivity index is 0. The van der Waals surface area contributed by atoms with E-state index in [0.29, 0.717) is 24.7 Å². The van der Waals surface area contributed by atoms with E-state index in [4.69, 9.17) is 9.47 Å². The van der Waals surface area contributed by atoms with Crippen molar-refractivity contribution in [2.75, 3.05) is 13.2 Å². The summed E-state index contributed by atoms with van der Waals surface area (Å²) in [6.07, 6.45) is 4.06. The van der Waals surface area contributed by atoms with E-state index in [1.807, 2.05) is 6.07 Å². The number of nitrogens with zero attached hydrogens (tertiary/aromatic N) is 2. The molecule has 2 aromatic rings. The van der Waals surface area contributed by atoms with Crippen LogP contribution in [0.1, 0.15) is 45.1 Å².